The van der Waals surface area contributed by atoms with Gasteiger partial charge in [-0.15, -0.1) is 0 Å². The highest BCUT2D eigenvalue weighted by molar-refractivity contribution is 5.87. The maximum Gasteiger partial charge on any atom is 0.152 e. The SMILES string of the molecule is C=C(C)/C=C\C(C)=O. The highest BCUT2D eigenvalue weighted by atomic mass is 16.1. The van der Waals surface area contributed by atoms with Gasteiger partial charge in [-0.3, -0.25) is 4.79 Å². The van der Waals surface area contributed by atoms with Crippen LogP contribution < -0.4 is 0 Å². The van der Waals surface area contributed by atoms with Gasteiger partial charge < -0.3 is 0 Å². The minimum atomic E-state index is 0.0630. The lowest BCUT2D eigenvalue weighted by Gasteiger charge is -1.80. The molecule has 0 spiro atoms. The van der Waals surface area contributed by atoms with Crippen LogP contribution in [0.15, 0.2) is 24.3 Å². The molecule has 0 saturated heterocycles. The molecule has 1 nitrogen and oxygen atoms in total. The summed E-state index contributed by atoms with van der Waals surface area (Å²) in [6, 6.07) is 0. The second-order valence-electron chi connectivity index (χ2n) is 1.79. The molecule has 1 heteroatoms. The van der Waals surface area contributed by atoms with Gasteiger partial charge in [0.15, 0.2) is 5.78 Å². The first-order chi connectivity index (χ1) is 3.63. The number of carbonyl (C=O) groups is 1. The molecule has 0 aromatic carbocycles. The second-order valence-corrected chi connectivity index (χ2v) is 1.79. The van der Waals surface area contributed by atoms with Crippen molar-refractivity contribution < 1.29 is 4.79 Å². The van der Waals surface area contributed by atoms with E-state index >= 15 is 0 Å². The number of hydrogen-bond donors (Lipinski definition) is 0. The third-order valence-corrected chi connectivity index (χ3v) is 0.603. The summed E-state index contributed by atoms with van der Waals surface area (Å²) in [7, 11) is 0. The molecular formula is C7H10O. The van der Waals surface area contributed by atoms with Crippen molar-refractivity contribution in [1.29, 1.82) is 0 Å². The maximum absolute atomic E-state index is 10.2. The molecule has 0 amide bonds. The van der Waals surface area contributed by atoms with E-state index in [0.717, 1.165) is 5.57 Å². The summed E-state index contributed by atoms with van der Waals surface area (Å²) in [6.45, 7) is 6.95. The normalized spacial score (nSPS) is 9.75. The standard InChI is InChI=1S/C7H10O/c1-6(2)4-5-7(3)8/h4-5H,1H2,2-3H3/b5-4-. The first-order valence-electron chi connectivity index (χ1n) is 2.47. The van der Waals surface area contributed by atoms with Crippen LogP contribution in [0, 0.1) is 0 Å². The molecule has 0 unspecified atom stereocenters. The third kappa shape index (κ3) is 5.15. The smallest absolute Gasteiger partial charge is 0.152 e. The molecular weight excluding hydrogens is 100 g/mol. The van der Waals surface area contributed by atoms with E-state index in [9.17, 15) is 4.79 Å². The van der Waals surface area contributed by atoms with Gasteiger partial charge >= 0.3 is 0 Å². The number of ketones is 1. The topological polar surface area (TPSA) is 17.1 Å². The summed E-state index contributed by atoms with van der Waals surface area (Å²) in [5, 5.41) is 0. The summed E-state index contributed by atoms with van der Waals surface area (Å²) in [4.78, 5) is 10.2. The van der Waals surface area contributed by atoms with Gasteiger partial charge in [0.25, 0.3) is 0 Å². The zero-order chi connectivity index (χ0) is 6.57. The van der Waals surface area contributed by atoms with Crippen LogP contribution in [0.2, 0.25) is 0 Å². The van der Waals surface area contributed by atoms with Gasteiger partial charge in [-0.05, 0) is 19.9 Å². The molecule has 0 rings (SSSR count). The van der Waals surface area contributed by atoms with Crippen LogP contribution in [0.25, 0.3) is 0 Å². The quantitative estimate of drug-likeness (QED) is 0.390. The Labute approximate surface area is 49.7 Å². The molecule has 0 atom stereocenters. The minimum absolute atomic E-state index is 0.0630. The number of hydrogen-bond acceptors (Lipinski definition) is 1. The van der Waals surface area contributed by atoms with Crippen molar-refractivity contribution in [2.75, 3.05) is 0 Å². The van der Waals surface area contributed by atoms with Gasteiger partial charge in [-0.2, -0.15) is 0 Å². The van der Waals surface area contributed by atoms with Crippen molar-refractivity contribution in [2.45, 2.75) is 13.8 Å². The van der Waals surface area contributed by atoms with Crippen LogP contribution in [0.4, 0.5) is 0 Å². The van der Waals surface area contributed by atoms with Crippen LogP contribution in [-0.2, 0) is 4.79 Å². The zero-order valence-corrected chi connectivity index (χ0v) is 5.27. The Hall–Kier alpha value is -0.850. The third-order valence-electron chi connectivity index (χ3n) is 0.603. The molecule has 0 heterocycles. The van der Waals surface area contributed by atoms with Gasteiger partial charge in [-0.25, -0.2) is 0 Å². The molecule has 0 aromatic rings. The monoisotopic (exact) mass is 110 g/mol. The van der Waals surface area contributed by atoms with E-state index in [0.29, 0.717) is 0 Å². The van der Waals surface area contributed by atoms with Crippen LogP contribution in [0.3, 0.4) is 0 Å². The summed E-state index contributed by atoms with van der Waals surface area (Å²) < 4.78 is 0. The molecule has 0 aliphatic heterocycles. The molecule has 0 radical (unpaired) electrons. The van der Waals surface area contributed by atoms with E-state index in [1.807, 2.05) is 6.92 Å². The number of rotatable bonds is 2. The Balaban J connectivity index is 3.67. The van der Waals surface area contributed by atoms with Crippen LogP contribution in [-0.4, -0.2) is 5.78 Å². The molecule has 0 aliphatic rings. The molecule has 8 heavy (non-hydrogen) atoms. The van der Waals surface area contributed by atoms with Crippen LogP contribution in [0.1, 0.15) is 13.8 Å². The molecule has 0 aromatic heterocycles. The first kappa shape index (κ1) is 7.15. The van der Waals surface area contributed by atoms with Gasteiger partial charge in [0.05, 0.1) is 0 Å². The maximum atomic E-state index is 10.2. The Bertz CT molecular complexity index is 115. The molecule has 0 fully saturated rings. The van der Waals surface area contributed by atoms with Gasteiger partial charge in [0.2, 0.25) is 0 Å². The van der Waals surface area contributed by atoms with Crippen molar-refractivity contribution >= 4 is 5.78 Å². The van der Waals surface area contributed by atoms with Crippen molar-refractivity contribution in [1.82, 2.24) is 0 Å². The van der Waals surface area contributed by atoms with Crippen molar-refractivity contribution in [3.8, 4) is 0 Å². The van der Waals surface area contributed by atoms with E-state index in [2.05, 4.69) is 6.58 Å². The van der Waals surface area contributed by atoms with Crippen molar-refractivity contribution in [3.63, 3.8) is 0 Å². The van der Waals surface area contributed by atoms with E-state index in [4.69, 9.17) is 0 Å². The Morgan fingerprint density at radius 2 is 1.88 bits per heavy atom. The summed E-state index contributed by atoms with van der Waals surface area (Å²) in [6.07, 6.45) is 3.20. The lowest BCUT2D eigenvalue weighted by atomic mass is 10.3. The molecule has 0 N–H and O–H groups in total. The van der Waals surface area contributed by atoms with E-state index in [1.54, 1.807) is 6.08 Å². The van der Waals surface area contributed by atoms with Crippen LogP contribution >= 0.6 is 0 Å². The number of carbonyl (C=O) groups excluding carboxylic acids is 1. The van der Waals surface area contributed by atoms with E-state index in [-0.39, 0.29) is 5.78 Å². The second kappa shape index (κ2) is 3.19. The van der Waals surface area contributed by atoms with E-state index < -0.39 is 0 Å². The fraction of sp³-hybridized carbons (Fsp3) is 0.286. The summed E-state index contributed by atoms with van der Waals surface area (Å²) in [5.41, 5.74) is 0.903. The Kier molecular flexibility index (Phi) is 2.85. The summed E-state index contributed by atoms with van der Waals surface area (Å²) in [5.74, 6) is 0.0630. The van der Waals surface area contributed by atoms with Gasteiger partial charge in [0.1, 0.15) is 0 Å². The lowest BCUT2D eigenvalue weighted by Crippen LogP contribution is -1.78. The fourth-order valence-corrected chi connectivity index (χ4v) is 0.260. The van der Waals surface area contributed by atoms with E-state index in [1.165, 1.54) is 13.0 Å². The molecule has 0 aliphatic carbocycles. The Morgan fingerprint density at radius 3 is 2.00 bits per heavy atom. The molecule has 0 bridgehead atoms. The van der Waals surface area contributed by atoms with Gasteiger partial charge in [-0.1, -0.05) is 18.2 Å². The Morgan fingerprint density at radius 1 is 1.38 bits per heavy atom. The zero-order valence-electron chi connectivity index (χ0n) is 5.27. The predicted octanol–water partition coefficient (Wildman–Crippen LogP) is 1.71. The summed E-state index contributed by atoms with van der Waals surface area (Å²) >= 11 is 0. The van der Waals surface area contributed by atoms with Crippen LogP contribution in [0.5, 0.6) is 0 Å². The van der Waals surface area contributed by atoms with Crippen molar-refractivity contribution in [3.05, 3.63) is 24.3 Å². The van der Waals surface area contributed by atoms with Crippen molar-refractivity contribution in [2.24, 2.45) is 0 Å². The fourth-order valence-electron chi connectivity index (χ4n) is 0.260. The largest absolute Gasteiger partial charge is 0.295 e. The highest BCUT2D eigenvalue weighted by Crippen LogP contribution is 1.87. The first-order valence-corrected chi connectivity index (χ1v) is 2.47. The van der Waals surface area contributed by atoms with Gasteiger partial charge in [0, 0.05) is 0 Å². The highest BCUT2D eigenvalue weighted by Gasteiger charge is 1.78. The average Bonchev–Trinajstić information content (AvgIpc) is 1.61. The molecule has 44 valence electrons. The minimum Gasteiger partial charge on any atom is -0.295 e. The number of allylic oxidation sites excluding steroid dienone is 3. The molecule has 0 saturated carbocycles. The lowest BCUT2D eigenvalue weighted by molar-refractivity contribution is -0.112. The average molecular weight is 110 g/mol. The predicted molar refractivity (Wildman–Crippen MR) is 34.6 cm³/mol.